The van der Waals surface area contributed by atoms with E-state index in [0.29, 0.717) is 11.1 Å². The zero-order valence-electron chi connectivity index (χ0n) is 13.9. The fourth-order valence-corrected chi connectivity index (χ4v) is 4.69. The third-order valence-corrected chi connectivity index (χ3v) is 6.75. The lowest BCUT2D eigenvalue weighted by atomic mass is 9.81. The first-order valence-corrected chi connectivity index (χ1v) is 9.30. The molecule has 1 unspecified atom stereocenters. The van der Waals surface area contributed by atoms with Crippen LogP contribution in [0.5, 0.6) is 0 Å². The van der Waals surface area contributed by atoms with Gasteiger partial charge >= 0.3 is 0 Å². The molecule has 1 aliphatic carbocycles. The van der Waals surface area contributed by atoms with Crippen molar-refractivity contribution in [3.05, 3.63) is 16.1 Å². The molecule has 1 saturated carbocycles. The molecule has 1 aliphatic heterocycles. The van der Waals surface area contributed by atoms with Gasteiger partial charge in [0, 0.05) is 35.2 Å². The van der Waals surface area contributed by atoms with Crippen molar-refractivity contribution in [1.82, 2.24) is 15.2 Å². The molecule has 0 bridgehead atoms. The van der Waals surface area contributed by atoms with Crippen molar-refractivity contribution in [2.45, 2.75) is 71.0 Å². The Hall–Kier alpha value is -0.450. The molecule has 0 aromatic carbocycles. The maximum atomic E-state index is 4.70. The Balaban J connectivity index is 1.82. The minimum absolute atomic E-state index is 0.300. The zero-order chi connectivity index (χ0) is 15.1. The molecule has 1 aromatic rings. The van der Waals surface area contributed by atoms with Gasteiger partial charge in [0.05, 0.1) is 6.54 Å². The molecule has 2 fully saturated rings. The second kappa shape index (κ2) is 5.64. The fraction of sp³-hybridized carbons (Fsp3) is 0.824. The Kier molecular flexibility index (Phi) is 4.15. The molecule has 1 atom stereocenters. The predicted octanol–water partition coefficient (Wildman–Crippen LogP) is 3.58. The van der Waals surface area contributed by atoms with Gasteiger partial charge in [-0.1, -0.05) is 13.8 Å². The highest BCUT2D eigenvalue weighted by Gasteiger charge is 2.49. The van der Waals surface area contributed by atoms with Crippen molar-refractivity contribution < 1.29 is 0 Å². The molecule has 21 heavy (non-hydrogen) atoms. The van der Waals surface area contributed by atoms with Crippen LogP contribution in [0.4, 0.5) is 0 Å². The van der Waals surface area contributed by atoms with Crippen LogP contribution < -0.4 is 5.32 Å². The summed E-state index contributed by atoms with van der Waals surface area (Å²) in [4.78, 5) is 7.44. The van der Waals surface area contributed by atoms with E-state index in [0.717, 1.165) is 31.2 Å². The Morgan fingerprint density at radius 3 is 2.62 bits per heavy atom. The highest BCUT2D eigenvalue weighted by molar-refractivity contribution is 7.09. The molecule has 118 valence electrons. The van der Waals surface area contributed by atoms with E-state index >= 15 is 0 Å². The number of aromatic nitrogens is 1. The van der Waals surface area contributed by atoms with Crippen LogP contribution in [-0.4, -0.2) is 34.1 Å². The van der Waals surface area contributed by atoms with Gasteiger partial charge in [-0.15, -0.1) is 11.3 Å². The number of rotatable bonds is 5. The summed E-state index contributed by atoms with van der Waals surface area (Å²) in [6.07, 6.45) is 5.22. The highest BCUT2D eigenvalue weighted by atomic mass is 32.1. The molecule has 0 radical (unpaired) electrons. The Morgan fingerprint density at radius 1 is 1.38 bits per heavy atom. The second-order valence-electron chi connectivity index (χ2n) is 7.22. The standard InChI is InChI=1S/C17H29N3S/c1-5-17(6-2)11-18-16(4,14-7-8-14)12-20(17)9-15-19-13(3)10-21-15/h10,14,18H,5-9,11-12H2,1-4H3. The highest BCUT2D eigenvalue weighted by Crippen LogP contribution is 2.44. The zero-order valence-corrected chi connectivity index (χ0v) is 14.7. The Morgan fingerprint density at radius 2 is 2.10 bits per heavy atom. The quantitative estimate of drug-likeness (QED) is 0.901. The van der Waals surface area contributed by atoms with Gasteiger partial charge in [-0.2, -0.15) is 0 Å². The second-order valence-corrected chi connectivity index (χ2v) is 8.16. The van der Waals surface area contributed by atoms with Gasteiger partial charge in [-0.05, 0) is 45.4 Å². The summed E-state index contributed by atoms with van der Waals surface area (Å²) in [6.45, 7) is 12.5. The summed E-state index contributed by atoms with van der Waals surface area (Å²) >= 11 is 1.82. The number of piperazine rings is 1. The number of hydrogen-bond acceptors (Lipinski definition) is 4. The maximum absolute atomic E-state index is 4.70. The van der Waals surface area contributed by atoms with Crippen LogP contribution >= 0.6 is 11.3 Å². The van der Waals surface area contributed by atoms with E-state index in [-0.39, 0.29) is 0 Å². The van der Waals surface area contributed by atoms with Crippen molar-refractivity contribution in [1.29, 1.82) is 0 Å². The van der Waals surface area contributed by atoms with E-state index in [2.05, 4.69) is 43.3 Å². The summed E-state index contributed by atoms with van der Waals surface area (Å²) in [7, 11) is 0. The number of hydrogen-bond donors (Lipinski definition) is 1. The van der Waals surface area contributed by atoms with Crippen LogP contribution in [0, 0.1) is 12.8 Å². The molecule has 1 aromatic heterocycles. The van der Waals surface area contributed by atoms with Crippen molar-refractivity contribution in [2.75, 3.05) is 13.1 Å². The average Bonchev–Trinajstić information content (AvgIpc) is 3.25. The smallest absolute Gasteiger partial charge is 0.107 e. The van der Waals surface area contributed by atoms with Crippen LogP contribution in [0.25, 0.3) is 0 Å². The van der Waals surface area contributed by atoms with Gasteiger partial charge in [0.1, 0.15) is 5.01 Å². The molecule has 1 N–H and O–H groups in total. The third-order valence-electron chi connectivity index (χ3n) is 5.80. The van der Waals surface area contributed by atoms with E-state index in [1.165, 1.54) is 30.7 Å². The van der Waals surface area contributed by atoms with E-state index < -0.39 is 0 Å². The van der Waals surface area contributed by atoms with Crippen molar-refractivity contribution in [2.24, 2.45) is 5.92 Å². The molecule has 4 heteroatoms. The topological polar surface area (TPSA) is 28.2 Å². The number of nitrogens with zero attached hydrogens (tertiary/aromatic N) is 2. The SMILES string of the molecule is CCC1(CC)CNC(C)(C2CC2)CN1Cc1nc(C)cs1. The number of aryl methyl sites for hydroxylation is 1. The van der Waals surface area contributed by atoms with Gasteiger partial charge in [0.15, 0.2) is 0 Å². The normalized spacial score (nSPS) is 29.7. The number of thiazole rings is 1. The molecule has 1 saturated heterocycles. The summed E-state index contributed by atoms with van der Waals surface area (Å²) in [6, 6.07) is 0. The summed E-state index contributed by atoms with van der Waals surface area (Å²) in [5.41, 5.74) is 1.77. The van der Waals surface area contributed by atoms with Gasteiger partial charge in [0.2, 0.25) is 0 Å². The first-order valence-electron chi connectivity index (χ1n) is 8.42. The largest absolute Gasteiger partial charge is 0.308 e. The first kappa shape index (κ1) is 15.4. The lowest BCUT2D eigenvalue weighted by molar-refractivity contribution is -0.00975. The minimum atomic E-state index is 0.300. The molecule has 2 aliphatic rings. The predicted molar refractivity (Wildman–Crippen MR) is 89.7 cm³/mol. The first-order chi connectivity index (χ1) is 10.0. The van der Waals surface area contributed by atoms with Gasteiger partial charge in [0.25, 0.3) is 0 Å². The maximum Gasteiger partial charge on any atom is 0.107 e. The van der Waals surface area contributed by atoms with E-state index in [1.807, 2.05) is 11.3 Å². The molecule has 3 nitrogen and oxygen atoms in total. The Bertz CT molecular complexity index is 490. The summed E-state index contributed by atoms with van der Waals surface area (Å²) in [5, 5.41) is 7.37. The number of nitrogens with one attached hydrogen (secondary N) is 1. The lowest BCUT2D eigenvalue weighted by Gasteiger charge is -2.53. The van der Waals surface area contributed by atoms with Gasteiger partial charge in [-0.3, -0.25) is 4.90 Å². The van der Waals surface area contributed by atoms with Crippen LogP contribution in [0.3, 0.4) is 0 Å². The van der Waals surface area contributed by atoms with Crippen molar-refractivity contribution in [3.8, 4) is 0 Å². The van der Waals surface area contributed by atoms with Gasteiger partial charge in [-0.25, -0.2) is 4.98 Å². The minimum Gasteiger partial charge on any atom is -0.308 e. The summed E-state index contributed by atoms with van der Waals surface area (Å²) in [5.74, 6) is 0.879. The molecular weight excluding hydrogens is 278 g/mol. The monoisotopic (exact) mass is 307 g/mol. The molecule has 0 amide bonds. The average molecular weight is 308 g/mol. The third kappa shape index (κ3) is 2.90. The van der Waals surface area contributed by atoms with Crippen molar-refractivity contribution in [3.63, 3.8) is 0 Å². The summed E-state index contributed by atoms with van der Waals surface area (Å²) < 4.78 is 0. The Labute approximate surface area is 133 Å². The molecule has 0 spiro atoms. The van der Waals surface area contributed by atoms with Crippen LogP contribution in [-0.2, 0) is 6.54 Å². The molecule has 3 rings (SSSR count). The lowest BCUT2D eigenvalue weighted by Crippen LogP contribution is -2.69. The fourth-order valence-electron chi connectivity index (χ4n) is 3.90. The van der Waals surface area contributed by atoms with E-state index in [9.17, 15) is 0 Å². The van der Waals surface area contributed by atoms with Crippen LogP contribution in [0.2, 0.25) is 0 Å². The van der Waals surface area contributed by atoms with Crippen LogP contribution in [0.15, 0.2) is 5.38 Å². The van der Waals surface area contributed by atoms with E-state index in [4.69, 9.17) is 4.98 Å². The molecule has 2 heterocycles. The van der Waals surface area contributed by atoms with E-state index in [1.54, 1.807) is 0 Å². The van der Waals surface area contributed by atoms with Crippen LogP contribution in [0.1, 0.15) is 57.2 Å². The molecular formula is C17H29N3S. The van der Waals surface area contributed by atoms with Crippen molar-refractivity contribution >= 4 is 11.3 Å². The van der Waals surface area contributed by atoms with Gasteiger partial charge < -0.3 is 5.32 Å².